The van der Waals surface area contributed by atoms with Gasteiger partial charge in [-0.15, -0.1) is 0 Å². The molecule has 0 saturated carbocycles. The molecule has 9 aromatic rings. The summed E-state index contributed by atoms with van der Waals surface area (Å²) in [6.45, 7) is 12.0. The molecule has 9 aromatic carbocycles. The van der Waals surface area contributed by atoms with Gasteiger partial charge in [-0.2, -0.15) is 0 Å². The van der Waals surface area contributed by atoms with Crippen LogP contribution in [0.4, 0.5) is 0 Å². The third-order valence-electron chi connectivity index (χ3n) is 21.0. The molecule has 0 bridgehead atoms. The van der Waals surface area contributed by atoms with Crippen LogP contribution >= 0.6 is 15.9 Å². The number of fused-ring (bicyclic) bond motifs is 4. The van der Waals surface area contributed by atoms with Crippen molar-refractivity contribution in [2.24, 2.45) is 0 Å². The van der Waals surface area contributed by atoms with E-state index in [-0.39, 0.29) is 0 Å². The first-order valence-electron chi connectivity index (χ1n) is 41.1. The summed E-state index contributed by atoms with van der Waals surface area (Å²) < 4.78 is 28.3. The first kappa shape index (κ1) is 78.6. The van der Waals surface area contributed by atoms with Crippen LogP contribution < -0.4 is 29.4 Å². The molecule has 0 heterocycles. The molecule has 0 aliphatic carbocycles. The highest BCUT2D eigenvalue weighted by molar-refractivity contribution is 9.10. The maximum atomic E-state index is 6.82. The van der Waals surface area contributed by atoms with Crippen LogP contribution in [0.5, 0.6) is 23.0 Å². The Morgan fingerprint density at radius 1 is 0.228 bits per heavy atom. The fourth-order valence-electron chi connectivity index (χ4n) is 15.2. The molecule has 0 amide bonds. The molecule has 9 rings (SSSR count). The van der Waals surface area contributed by atoms with Crippen molar-refractivity contribution in [2.75, 3.05) is 26.4 Å². The first-order valence-corrected chi connectivity index (χ1v) is 41.9. The highest BCUT2D eigenvalue weighted by Crippen LogP contribution is 2.36. The second-order valence-electron chi connectivity index (χ2n) is 29.4. The third kappa shape index (κ3) is 26.0. The molecular weight excluding hydrogens is 1300 g/mol. The summed E-state index contributed by atoms with van der Waals surface area (Å²) in [6, 6.07) is 61.6. The largest absolute Gasteiger partial charge is 0.494 e. The standard InChI is InChI=1S/C96H127BrO4/c1-5-9-13-17-21-25-29-33-37-43-63-98-85-57-47-53-79(68-85)93(80-54-48-58-86(69-80)99-64-44-38-34-30-26-22-18-14-10-6-2)95-89-72-76-51-41-42-52-77(76)73-90(89)96(92-75-83-67-84(97)62-61-78(83)74-91(92)95)94(81-55-49-59-87(70-81)100-65-45-39-35-31-27-23-19-15-11-7-3)82-56-50-60-88(71-82)101-66-46-40-36-32-28-24-20-16-12-8-4/h41-42,47-62,67-75H,5-40,43-46,63-66H2,1-4H3. The molecule has 542 valence electrons. The normalized spacial score (nSPS) is 11.6. The van der Waals surface area contributed by atoms with Crippen LogP contribution in [-0.4, -0.2) is 26.4 Å². The lowest BCUT2D eigenvalue weighted by Gasteiger charge is -2.20. The van der Waals surface area contributed by atoms with Crippen molar-refractivity contribution >= 4 is 70.2 Å². The lowest BCUT2D eigenvalue weighted by Crippen LogP contribution is -2.21. The molecule has 0 aliphatic rings. The van der Waals surface area contributed by atoms with Crippen LogP contribution in [0, 0.1) is 0 Å². The highest BCUT2D eigenvalue weighted by Gasteiger charge is 2.21. The van der Waals surface area contributed by atoms with E-state index in [1.807, 2.05) is 0 Å². The van der Waals surface area contributed by atoms with Crippen molar-refractivity contribution in [1.29, 1.82) is 0 Å². The highest BCUT2D eigenvalue weighted by atomic mass is 79.9. The Morgan fingerprint density at radius 3 is 0.733 bits per heavy atom. The fourth-order valence-corrected chi connectivity index (χ4v) is 15.5. The van der Waals surface area contributed by atoms with Crippen LogP contribution in [0.3, 0.4) is 0 Å². The Balaban J connectivity index is 1.19. The van der Waals surface area contributed by atoms with Crippen LogP contribution in [-0.2, 0) is 0 Å². The minimum atomic E-state index is 0.695. The van der Waals surface area contributed by atoms with Gasteiger partial charge in [0.25, 0.3) is 0 Å². The van der Waals surface area contributed by atoms with Crippen LogP contribution in [0.25, 0.3) is 54.2 Å². The Morgan fingerprint density at radius 2 is 0.465 bits per heavy atom. The zero-order chi connectivity index (χ0) is 70.2. The van der Waals surface area contributed by atoms with Gasteiger partial charge in [-0.1, -0.05) is 354 Å². The van der Waals surface area contributed by atoms with Crippen molar-refractivity contribution in [2.45, 2.75) is 285 Å². The monoisotopic (exact) mass is 1420 g/mol. The van der Waals surface area contributed by atoms with Crippen molar-refractivity contribution in [3.05, 3.63) is 201 Å². The summed E-state index contributed by atoms with van der Waals surface area (Å²) in [4.78, 5) is 0. The van der Waals surface area contributed by atoms with Crippen LogP contribution in [0.2, 0.25) is 0 Å². The second kappa shape index (κ2) is 46.2. The molecule has 0 aromatic heterocycles. The summed E-state index contributed by atoms with van der Waals surface area (Å²) in [5.74, 6) is 3.60. The summed E-state index contributed by atoms with van der Waals surface area (Å²) in [6.07, 6.45) is 51.7. The molecular formula is C96H127BrO4. The van der Waals surface area contributed by atoms with Crippen LogP contribution in [0.15, 0.2) is 168 Å². The minimum absolute atomic E-state index is 0.695. The second-order valence-corrected chi connectivity index (χ2v) is 30.3. The Labute approximate surface area is 620 Å². The van der Waals surface area contributed by atoms with E-state index in [9.17, 15) is 0 Å². The van der Waals surface area contributed by atoms with E-state index in [2.05, 4.69) is 207 Å². The number of benzene rings is 9. The lowest BCUT2D eigenvalue weighted by molar-refractivity contribution is 0.304. The number of halogens is 1. The summed E-state index contributed by atoms with van der Waals surface area (Å²) >= 11 is 3.95. The Bertz CT molecular complexity index is 3830. The molecule has 0 aliphatic heterocycles. The molecule has 0 fully saturated rings. The molecule has 5 heteroatoms. The predicted octanol–water partition coefficient (Wildman–Crippen LogP) is 28.8. The van der Waals surface area contributed by atoms with E-state index >= 15 is 0 Å². The van der Waals surface area contributed by atoms with Gasteiger partial charge in [-0.05, 0) is 198 Å². The Hall–Kier alpha value is -6.56. The van der Waals surface area contributed by atoms with Gasteiger partial charge in [0, 0.05) is 4.47 Å². The number of rotatable bonds is 52. The topological polar surface area (TPSA) is 36.9 Å². The maximum absolute atomic E-state index is 6.82. The van der Waals surface area contributed by atoms with E-state index < -0.39 is 0 Å². The number of hydrogen-bond acceptors (Lipinski definition) is 4. The maximum Gasteiger partial charge on any atom is 0.119 e. The molecule has 0 saturated heterocycles. The smallest absolute Gasteiger partial charge is 0.119 e. The van der Waals surface area contributed by atoms with Gasteiger partial charge >= 0.3 is 0 Å². The van der Waals surface area contributed by atoms with E-state index in [1.54, 1.807) is 0 Å². The van der Waals surface area contributed by atoms with Crippen molar-refractivity contribution in [3.8, 4) is 23.0 Å². The van der Waals surface area contributed by atoms with E-state index in [4.69, 9.17) is 18.9 Å². The minimum Gasteiger partial charge on any atom is -0.494 e. The number of hydrogen-bond donors (Lipinski definition) is 0. The zero-order valence-corrected chi connectivity index (χ0v) is 64.8. The molecule has 0 N–H and O–H groups in total. The third-order valence-corrected chi connectivity index (χ3v) is 21.5. The average Bonchev–Trinajstić information content (AvgIpc) is 0.711. The van der Waals surface area contributed by atoms with Crippen molar-refractivity contribution in [3.63, 3.8) is 0 Å². The van der Waals surface area contributed by atoms with Crippen molar-refractivity contribution < 1.29 is 18.9 Å². The average molecular weight is 1420 g/mol. The van der Waals surface area contributed by atoms with Gasteiger partial charge < -0.3 is 18.9 Å². The molecule has 0 atom stereocenters. The molecule has 4 nitrogen and oxygen atoms in total. The van der Waals surface area contributed by atoms with Gasteiger partial charge in [0.05, 0.1) is 26.4 Å². The fraction of sp³-hybridized carbons (Fsp3) is 0.500. The van der Waals surface area contributed by atoms with Gasteiger partial charge in [0.1, 0.15) is 23.0 Å². The van der Waals surface area contributed by atoms with E-state index in [1.165, 1.54) is 285 Å². The van der Waals surface area contributed by atoms with Gasteiger partial charge in [-0.3, -0.25) is 0 Å². The molecule has 0 unspecified atom stereocenters. The zero-order valence-electron chi connectivity index (χ0n) is 63.2. The SMILES string of the molecule is CCCCCCCCCCCCOc1cccc(C(c2cccc(OCCCCCCCCCCCC)c2)=c2c3cc4ccccc4cc3c(=C(c3cccc(OCCCCCCCCCCCC)c3)c3cccc(OCCCCCCCCCCCC)c3)c3cc4cc(Br)ccc4cc23)c1. The molecule has 101 heavy (non-hydrogen) atoms. The number of unbranched alkanes of at least 4 members (excludes halogenated alkanes) is 36. The van der Waals surface area contributed by atoms with E-state index in [0.717, 1.165) is 86.6 Å². The van der Waals surface area contributed by atoms with Crippen LogP contribution in [0.1, 0.15) is 307 Å². The summed E-state index contributed by atoms with van der Waals surface area (Å²) in [5.41, 5.74) is 6.74. The van der Waals surface area contributed by atoms with Gasteiger partial charge in [0.15, 0.2) is 0 Å². The quantitative estimate of drug-likeness (QED) is 0.0281. The molecule has 0 radical (unpaired) electrons. The van der Waals surface area contributed by atoms with Gasteiger partial charge in [0.2, 0.25) is 0 Å². The summed E-state index contributed by atoms with van der Waals surface area (Å²) in [7, 11) is 0. The molecule has 0 spiro atoms. The predicted molar refractivity (Wildman–Crippen MR) is 442 cm³/mol. The number of ether oxygens (including phenoxy) is 4. The Kier molecular flexibility index (Phi) is 36.0. The lowest BCUT2D eigenvalue weighted by atomic mass is 9.84. The van der Waals surface area contributed by atoms with Crippen molar-refractivity contribution in [1.82, 2.24) is 0 Å². The summed E-state index contributed by atoms with van der Waals surface area (Å²) in [5, 5.41) is 11.9. The van der Waals surface area contributed by atoms with Gasteiger partial charge in [-0.25, -0.2) is 0 Å². The first-order chi connectivity index (χ1) is 50.0. The van der Waals surface area contributed by atoms with E-state index in [0.29, 0.717) is 26.4 Å².